The first-order valence-corrected chi connectivity index (χ1v) is 3.62. The molecule has 0 saturated heterocycles. The summed E-state index contributed by atoms with van der Waals surface area (Å²) >= 11 is 0. The predicted octanol–water partition coefficient (Wildman–Crippen LogP) is 0.759. The third-order valence-electron chi connectivity index (χ3n) is 1.89. The van der Waals surface area contributed by atoms with E-state index < -0.39 is 0 Å². The maximum atomic E-state index is 11.1. The van der Waals surface area contributed by atoms with Gasteiger partial charge in [-0.25, -0.2) is 0 Å². The summed E-state index contributed by atoms with van der Waals surface area (Å²) in [6.07, 6.45) is 0.655. The lowest BCUT2D eigenvalue weighted by atomic mass is 10.1. The SMILES string of the molecule is CC1=C(C)C(=O)CCC(=O)N1. The van der Waals surface area contributed by atoms with Gasteiger partial charge in [-0.3, -0.25) is 9.59 Å². The highest BCUT2D eigenvalue weighted by atomic mass is 16.2. The number of carbonyl (C=O) groups excluding carboxylic acids is 2. The van der Waals surface area contributed by atoms with Crippen LogP contribution in [0.3, 0.4) is 0 Å². The molecule has 0 unspecified atom stereocenters. The van der Waals surface area contributed by atoms with Crippen LogP contribution in [0.15, 0.2) is 11.3 Å². The van der Waals surface area contributed by atoms with Crippen molar-refractivity contribution in [2.24, 2.45) is 0 Å². The molecule has 1 rings (SSSR count). The molecule has 1 N–H and O–H groups in total. The number of allylic oxidation sites excluding steroid dienone is 2. The minimum atomic E-state index is -0.0623. The van der Waals surface area contributed by atoms with E-state index in [1.54, 1.807) is 13.8 Å². The molecule has 0 aliphatic carbocycles. The van der Waals surface area contributed by atoms with E-state index in [0.717, 1.165) is 0 Å². The molecule has 0 saturated carbocycles. The molecule has 0 aromatic heterocycles. The van der Waals surface area contributed by atoms with Crippen LogP contribution in [-0.4, -0.2) is 11.7 Å². The van der Waals surface area contributed by atoms with E-state index >= 15 is 0 Å². The van der Waals surface area contributed by atoms with Gasteiger partial charge in [0, 0.05) is 24.1 Å². The lowest BCUT2D eigenvalue weighted by Crippen LogP contribution is -2.19. The number of rotatable bonds is 0. The zero-order valence-corrected chi connectivity index (χ0v) is 6.73. The van der Waals surface area contributed by atoms with Gasteiger partial charge in [-0.1, -0.05) is 0 Å². The van der Waals surface area contributed by atoms with Gasteiger partial charge in [0.1, 0.15) is 0 Å². The zero-order valence-electron chi connectivity index (χ0n) is 6.73. The van der Waals surface area contributed by atoms with Crippen molar-refractivity contribution in [3.8, 4) is 0 Å². The van der Waals surface area contributed by atoms with E-state index in [4.69, 9.17) is 0 Å². The summed E-state index contributed by atoms with van der Waals surface area (Å²) in [7, 11) is 0. The molecular weight excluding hydrogens is 142 g/mol. The third kappa shape index (κ3) is 1.67. The van der Waals surface area contributed by atoms with Crippen LogP contribution in [0, 0.1) is 0 Å². The molecule has 0 spiro atoms. The van der Waals surface area contributed by atoms with Crippen LogP contribution < -0.4 is 5.32 Å². The summed E-state index contributed by atoms with van der Waals surface area (Å²) in [6.45, 7) is 3.49. The van der Waals surface area contributed by atoms with Crippen LogP contribution in [0.1, 0.15) is 26.7 Å². The Bertz CT molecular complexity index is 240. The lowest BCUT2D eigenvalue weighted by molar-refractivity contribution is -0.122. The van der Waals surface area contributed by atoms with Gasteiger partial charge in [-0.15, -0.1) is 0 Å². The molecule has 0 radical (unpaired) electrons. The second kappa shape index (κ2) is 2.86. The molecule has 60 valence electrons. The monoisotopic (exact) mass is 153 g/mol. The molecule has 1 aliphatic heterocycles. The van der Waals surface area contributed by atoms with Crippen molar-refractivity contribution < 1.29 is 9.59 Å². The molecule has 0 bridgehead atoms. The Hall–Kier alpha value is -1.12. The summed E-state index contributed by atoms with van der Waals surface area (Å²) in [5.41, 5.74) is 1.37. The van der Waals surface area contributed by atoms with Gasteiger partial charge in [-0.05, 0) is 13.8 Å². The number of ketones is 1. The molecule has 0 atom stereocenters. The van der Waals surface area contributed by atoms with Crippen molar-refractivity contribution >= 4 is 11.7 Å². The topological polar surface area (TPSA) is 46.2 Å². The van der Waals surface area contributed by atoms with Crippen molar-refractivity contribution in [2.45, 2.75) is 26.7 Å². The number of carbonyl (C=O) groups is 2. The van der Waals surface area contributed by atoms with Gasteiger partial charge >= 0.3 is 0 Å². The van der Waals surface area contributed by atoms with E-state index in [1.165, 1.54) is 0 Å². The largest absolute Gasteiger partial charge is 0.330 e. The van der Waals surface area contributed by atoms with Crippen molar-refractivity contribution in [3.05, 3.63) is 11.3 Å². The number of hydrogen-bond donors (Lipinski definition) is 1. The fraction of sp³-hybridized carbons (Fsp3) is 0.500. The number of amides is 1. The Balaban J connectivity index is 2.91. The van der Waals surface area contributed by atoms with Crippen LogP contribution in [0.4, 0.5) is 0 Å². The summed E-state index contributed by atoms with van der Waals surface area (Å²) in [5.74, 6) is 0.00792. The quantitative estimate of drug-likeness (QED) is 0.558. The van der Waals surface area contributed by atoms with E-state index in [2.05, 4.69) is 5.32 Å². The fourth-order valence-corrected chi connectivity index (χ4v) is 0.989. The first kappa shape index (κ1) is 7.98. The molecule has 0 aromatic rings. The Morgan fingerprint density at radius 2 is 1.82 bits per heavy atom. The molecule has 3 nitrogen and oxygen atoms in total. The second-order valence-corrected chi connectivity index (χ2v) is 2.72. The number of hydrogen-bond acceptors (Lipinski definition) is 2. The van der Waals surface area contributed by atoms with Gasteiger partial charge in [-0.2, -0.15) is 0 Å². The van der Waals surface area contributed by atoms with Gasteiger partial charge < -0.3 is 5.32 Å². The van der Waals surface area contributed by atoms with Crippen molar-refractivity contribution in [3.63, 3.8) is 0 Å². The fourth-order valence-electron chi connectivity index (χ4n) is 0.989. The molecule has 1 amide bonds. The molecule has 11 heavy (non-hydrogen) atoms. The summed E-state index contributed by atoms with van der Waals surface area (Å²) < 4.78 is 0. The molecular formula is C8H11NO2. The van der Waals surface area contributed by atoms with Crippen molar-refractivity contribution in [2.75, 3.05) is 0 Å². The van der Waals surface area contributed by atoms with Crippen molar-refractivity contribution in [1.82, 2.24) is 5.32 Å². The Morgan fingerprint density at radius 1 is 1.18 bits per heavy atom. The summed E-state index contributed by atoms with van der Waals surface area (Å²) in [5, 5.41) is 2.64. The molecule has 0 fully saturated rings. The van der Waals surface area contributed by atoms with E-state index in [9.17, 15) is 9.59 Å². The molecule has 0 aromatic carbocycles. The molecule has 1 heterocycles. The summed E-state index contributed by atoms with van der Waals surface area (Å²) in [6, 6.07) is 0. The van der Waals surface area contributed by atoms with Crippen LogP contribution >= 0.6 is 0 Å². The maximum Gasteiger partial charge on any atom is 0.224 e. The molecule has 3 heteroatoms. The van der Waals surface area contributed by atoms with Gasteiger partial charge in [0.15, 0.2) is 5.78 Å². The minimum Gasteiger partial charge on any atom is -0.330 e. The van der Waals surface area contributed by atoms with Crippen LogP contribution in [-0.2, 0) is 9.59 Å². The lowest BCUT2D eigenvalue weighted by Gasteiger charge is -2.01. The Labute approximate surface area is 65.5 Å². The van der Waals surface area contributed by atoms with Crippen LogP contribution in [0.5, 0.6) is 0 Å². The Kier molecular flexibility index (Phi) is 2.08. The highest BCUT2D eigenvalue weighted by Gasteiger charge is 2.15. The van der Waals surface area contributed by atoms with Crippen LogP contribution in [0.25, 0.3) is 0 Å². The molecule has 1 aliphatic rings. The van der Waals surface area contributed by atoms with Gasteiger partial charge in [0.05, 0.1) is 0 Å². The number of nitrogens with one attached hydrogen (secondary N) is 1. The first-order valence-electron chi connectivity index (χ1n) is 3.62. The van der Waals surface area contributed by atoms with Gasteiger partial charge in [0.25, 0.3) is 0 Å². The average Bonchev–Trinajstić information content (AvgIpc) is 2.05. The first-order chi connectivity index (χ1) is 5.11. The predicted molar refractivity (Wildman–Crippen MR) is 40.8 cm³/mol. The smallest absolute Gasteiger partial charge is 0.224 e. The van der Waals surface area contributed by atoms with Crippen LogP contribution in [0.2, 0.25) is 0 Å². The zero-order chi connectivity index (χ0) is 8.43. The Morgan fingerprint density at radius 3 is 2.45 bits per heavy atom. The van der Waals surface area contributed by atoms with E-state index in [1.807, 2.05) is 0 Å². The highest BCUT2D eigenvalue weighted by Crippen LogP contribution is 2.10. The second-order valence-electron chi connectivity index (χ2n) is 2.72. The third-order valence-corrected chi connectivity index (χ3v) is 1.89. The van der Waals surface area contributed by atoms with E-state index in [-0.39, 0.29) is 11.7 Å². The maximum absolute atomic E-state index is 11.1. The highest BCUT2D eigenvalue weighted by molar-refractivity contribution is 5.99. The minimum absolute atomic E-state index is 0.0623. The average molecular weight is 153 g/mol. The number of Topliss-reactive ketones (excluding diaryl/α,β-unsaturated/α-hetero) is 1. The standard InChI is InChI=1S/C8H11NO2/c1-5-6(2)9-8(11)4-3-7(5)10/h3-4H2,1-2H3,(H,9,11). The normalized spacial score (nSPS) is 19.8. The summed E-state index contributed by atoms with van der Waals surface area (Å²) in [4.78, 5) is 22.0. The van der Waals surface area contributed by atoms with E-state index in [0.29, 0.717) is 24.1 Å². The van der Waals surface area contributed by atoms with Gasteiger partial charge in [0.2, 0.25) is 5.91 Å². The van der Waals surface area contributed by atoms with Crippen molar-refractivity contribution in [1.29, 1.82) is 0 Å².